The number of aromatic hydroxyl groups is 1. The number of nitrogens with one attached hydrogen (secondary N) is 2. The number of hydrogen-bond acceptors (Lipinski definition) is 8. The van der Waals surface area contributed by atoms with Crippen LogP contribution in [0, 0.1) is 5.82 Å². The third-order valence-electron chi connectivity index (χ3n) is 4.27. The van der Waals surface area contributed by atoms with Crippen LogP contribution < -0.4 is 20.3 Å². The molecule has 2 aromatic rings. The molecular weight excluding hydrogens is 415 g/mol. The van der Waals surface area contributed by atoms with E-state index >= 15 is 0 Å². The first kappa shape index (κ1) is 21.9. The van der Waals surface area contributed by atoms with Gasteiger partial charge in [-0.1, -0.05) is 6.07 Å². The number of halogens is 1. The topological polar surface area (TPSA) is 136 Å². The summed E-state index contributed by atoms with van der Waals surface area (Å²) < 4.78 is 35.1. The maximum atomic E-state index is 13.9. The standard InChI is InChI=1S/C20H19FN2O8/c1-28-16(6-7-18(25)23-27)19(11-2-4-14(24)13(21)8-11)31-20(26)22-12-3-5-15-17(9-12)30-10-29-15/h2-9,16,19,24,27H,10H2,1H3,(H,22,26)(H,23,25)/b7-6+/t16-,19-/m0/s1. The molecule has 4 N–H and O–H groups in total. The fourth-order valence-electron chi connectivity index (χ4n) is 2.78. The summed E-state index contributed by atoms with van der Waals surface area (Å²) in [5, 5.41) is 20.6. The van der Waals surface area contributed by atoms with E-state index in [2.05, 4.69) is 5.32 Å². The second-order valence-corrected chi connectivity index (χ2v) is 6.27. The molecule has 3 rings (SSSR count). The number of carbonyl (C=O) groups is 2. The lowest BCUT2D eigenvalue weighted by molar-refractivity contribution is -0.124. The normalized spacial score (nSPS) is 14.2. The molecule has 0 saturated carbocycles. The van der Waals surface area contributed by atoms with Gasteiger partial charge in [-0.05, 0) is 35.9 Å². The largest absolute Gasteiger partial charge is 0.505 e. The van der Waals surface area contributed by atoms with Gasteiger partial charge in [0.25, 0.3) is 5.91 Å². The first-order chi connectivity index (χ1) is 14.9. The molecule has 2 atom stereocenters. The molecule has 0 fully saturated rings. The molecule has 164 valence electrons. The van der Waals surface area contributed by atoms with E-state index in [-0.39, 0.29) is 12.4 Å². The van der Waals surface area contributed by atoms with Gasteiger partial charge in [-0.3, -0.25) is 15.3 Å². The molecule has 11 heteroatoms. The Morgan fingerprint density at radius 3 is 2.68 bits per heavy atom. The number of hydroxylamine groups is 1. The fraction of sp³-hybridized carbons (Fsp3) is 0.200. The number of anilines is 1. The van der Waals surface area contributed by atoms with Crippen molar-refractivity contribution in [1.29, 1.82) is 0 Å². The van der Waals surface area contributed by atoms with Crippen molar-refractivity contribution >= 4 is 17.7 Å². The van der Waals surface area contributed by atoms with Crippen LogP contribution in [0.2, 0.25) is 0 Å². The average Bonchev–Trinajstić information content (AvgIpc) is 3.23. The smallest absolute Gasteiger partial charge is 0.412 e. The van der Waals surface area contributed by atoms with Gasteiger partial charge in [0.1, 0.15) is 6.10 Å². The number of fused-ring (bicyclic) bond motifs is 1. The zero-order valence-electron chi connectivity index (χ0n) is 16.2. The first-order valence-corrected chi connectivity index (χ1v) is 8.92. The van der Waals surface area contributed by atoms with Gasteiger partial charge in [0.15, 0.2) is 29.2 Å². The number of benzene rings is 2. The van der Waals surface area contributed by atoms with Crippen molar-refractivity contribution in [3.63, 3.8) is 0 Å². The van der Waals surface area contributed by atoms with Crippen molar-refractivity contribution in [3.8, 4) is 17.2 Å². The molecule has 1 heterocycles. The Bertz CT molecular complexity index is 997. The molecule has 0 spiro atoms. The van der Waals surface area contributed by atoms with E-state index in [9.17, 15) is 19.1 Å². The van der Waals surface area contributed by atoms with Gasteiger partial charge >= 0.3 is 6.09 Å². The van der Waals surface area contributed by atoms with E-state index in [1.54, 1.807) is 12.1 Å². The van der Waals surface area contributed by atoms with Crippen LogP contribution in [0.1, 0.15) is 11.7 Å². The number of phenolic OH excluding ortho intramolecular Hbond substituents is 1. The van der Waals surface area contributed by atoms with Gasteiger partial charge in [0.05, 0.1) is 0 Å². The van der Waals surface area contributed by atoms with Crippen LogP contribution in [-0.2, 0) is 14.3 Å². The Labute approximate surface area is 175 Å². The SMILES string of the molecule is CO[C@@H](/C=C/C(=O)NO)[C@@H](OC(=O)Nc1ccc2c(c1)OCO2)c1ccc(O)c(F)c1. The minimum absolute atomic E-state index is 0.0704. The third-order valence-corrected chi connectivity index (χ3v) is 4.27. The van der Waals surface area contributed by atoms with Crippen LogP contribution in [0.25, 0.3) is 0 Å². The molecule has 0 bridgehead atoms. The van der Waals surface area contributed by atoms with Crippen molar-refractivity contribution in [2.75, 3.05) is 19.2 Å². The van der Waals surface area contributed by atoms with Crippen LogP contribution in [0.5, 0.6) is 17.2 Å². The number of carbonyl (C=O) groups excluding carboxylic acids is 2. The molecule has 10 nitrogen and oxygen atoms in total. The maximum absolute atomic E-state index is 13.9. The molecule has 1 aliphatic heterocycles. The van der Waals surface area contributed by atoms with Crippen LogP contribution >= 0.6 is 0 Å². The summed E-state index contributed by atoms with van der Waals surface area (Å²) in [5.41, 5.74) is 1.92. The van der Waals surface area contributed by atoms with E-state index in [0.29, 0.717) is 17.2 Å². The van der Waals surface area contributed by atoms with Gasteiger partial charge in [-0.15, -0.1) is 0 Å². The summed E-state index contributed by atoms with van der Waals surface area (Å²) in [7, 11) is 1.29. The van der Waals surface area contributed by atoms with Crippen molar-refractivity contribution in [2.45, 2.75) is 12.2 Å². The minimum atomic E-state index is -1.21. The van der Waals surface area contributed by atoms with E-state index in [1.165, 1.54) is 30.8 Å². The quantitative estimate of drug-likeness (QED) is 0.297. The van der Waals surface area contributed by atoms with E-state index in [4.69, 9.17) is 24.2 Å². The lowest BCUT2D eigenvalue weighted by Gasteiger charge is -2.24. The predicted molar refractivity (Wildman–Crippen MR) is 103 cm³/mol. The van der Waals surface area contributed by atoms with Crippen LogP contribution in [-0.4, -0.2) is 42.3 Å². The number of phenols is 1. The van der Waals surface area contributed by atoms with Crippen LogP contribution in [0.15, 0.2) is 48.6 Å². The van der Waals surface area contributed by atoms with Crippen molar-refractivity contribution in [2.24, 2.45) is 0 Å². The molecule has 2 aromatic carbocycles. The Balaban J connectivity index is 1.82. The summed E-state index contributed by atoms with van der Waals surface area (Å²) in [6, 6.07) is 8.12. The molecule has 0 saturated heterocycles. The lowest BCUT2D eigenvalue weighted by Crippen LogP contribution is -2.27. The average molecular weight is 434 g/mol. The van der Waals surface area contributed by atoms with Gasteiger partial charge in [0.2, 0.25) is 6.79 Å². The highest BCUT2D eigenvalue weighted by Gasteiger charge is 2.27. The van der Waals surface area contributed by atoms with Gasteiger partial charge < -0.3 is 24.1 Å². The lowest BCUT2D eigenvalue weighted by atomic mass is 10.0. The Hall–Kier alpha value is -3.83. The third kappa shape index (κ3) is 5.41. The highest BCUT2D eigenvalue weighted by atomic mass is 19.1. The zero-order chi connectivity index (χ0) is 22.4. The summed E-state index contributed by atoms with van der Waals surface area (Å²) >= 11 is 0. The minimum Gasteiger partial charge on any atom is -0.505 e. The molecule has 0 radical (unpaired) electrons. The molecular formula is C20H19FN2O8. The van der Waals surface area contributed by atoms with E-state index in [1.807, 2.05) is 0 Å². The molecule has 2 amide bonds. The second kappa shape index (κ2) is 9.78. The van der Waals surface area contributed by atoms with Crippen LogP contribution in [0.4, 0.5) is 14.9 Å². The predicted octanol–water partition coefficient (Wildman–Crippen LogP) is 2.63. The second-order valence-electron chi connectivity index (χ2n) is 6.27. The molecule has 0 aromatic heterocycles. The summed E-state index contributed by atoms with van der Waals surface area (Å²) in [6.07, 6.45) is -0.980. The van der Waals surface area contributed by atoms with Gasteiger partial charge in [-0.25, -0.2) is 14.7 Å². The monoisotopic (exact) mass is 434 g/mol. The van der Waals surface area contributed by atoms with Crippen molar-refractivity contribution in [1.82, 2.24) is 5.48 Å². The summed E-state index contributed by atoms with van der Waals surface area (Å²) in [4.78, 5) is 23.8. The first-order valence-electron chi connectivity index (χ1n) is 8.92. The Morgan fingerprint density at radius 2 is 1.97 bits per heavy atom. The molecule has 0 aliphatic carbocycles. The Kier molecular flexibility index (Phi) is 6.90. The highest BCUT2D eigenvalue weighted by molar-refractivity contribution is 5.87. The van der Waals surface area contributed by atoms with Crippen molar-refractivity contribution < 1.29 is 43.2 Å². The number of methoxy groups -OCH3 is 1. The molecule has 31 heavy (non-hydrogen) atoms. The maximum Gasteiger partial charge on any atom is 0.412 e. The number of rotatable bonds is 7. The highest BCUT2D eigenvalue weighted by Crippen LogP contribution is 2.34. The number of ether oxygens (including phenoxy) is 4. The summed E-state index contributed by atoms with van der Waals surface area (Å²) in [5.74, 6) is -1.39. The Morgan fingerprint density at radius 1 is 1.19 bits per heavy atom. The van der Waals surface area contributed by atoms with Gasteiger partial charge in [0, 0.05) is 24.9 Å². The van der Waals surface area contributed by atoms with Gasteiger partial charge in [-0.2, -0.15) is 0 Å². The fourth-order valence-corrected chi connectivity index (χ4v) is 2.78. The molecule has 1 aliphatic rings. The number of hydrogen-bond donors (Lipinski definition) is 4. The zero-order valence-corrected chi connectivity index (χ0v) is 16.2. The molecule has 0 unspecified atom stereocenters. The number of amides is 2. The van der Waals surface area contributed by atoms with Crippen molar-refractivity contribution in [3.05, 3.63) is 59.9 Å². The van der Waals surface area contributed by atoms with Crippen LogP contribution in [0.3, 0.4) is 0 Å². The van der Waals surface area contributed by atoms with E-state index in [0.717, 1.165) is 18.2 Å². The summed E-state index contributed by atoms with van der Waals surface area (Å²) in [6.45, 7) is 0.0704. The van der Waals surface area contributed by atoms with E-state index < -0.39 is 35.8 Å².